The topological polar surface area (TPSA) is 0 Å². The van der Waals surface area contributed by atoms with Crippen LogP contribution in [0.5, 0.6) is 0 Å². The van der Waals surface area contributed by atoms with Crippen molar-refractivity contribution in [1.82, 2.24) is 0 Å². The Morgan fingerprint density at radius 2 is 2.08 bits per heavy atom. The van der Waals surface area contributed by atoms with Crippen LogP contribution in [0.4, 0.5) is 0 Å². The Morgan fingerprint density at radius 3 is 2.67 bits per heavy atom. The van der Waals surface area contributed by atoms with Crippen molar-refractivity contribution in [2.45, 2.75) is 40.0 Å². The van der Waals surface area contributed by atoms with E-state index in [0.717, 1.165) is 23.3 Å². The van der Waals surface area contributed by atoms with E-state index in [2.05, 4.69) is 20.8 Å². The van der Waals surface area contributed by atoms with Crippen LogP contribution in [0.3, 0.4) is 0 Å². The summed E-state index contributed by atoms with van der Waals surface area (Å²) in [5.41, 5.74) is 2.00. The third-order valence-corrected chi connectivity index (χ3v) is 4.62. The highest BCUT2D eigenvalue weighted by molar-refractivity contribution is 6.30. The van der Waals surface area contributed by atoms with Gasteiger partial charge < -0.3 is 0 Å². The van der Waals surface area contributed by atoms with Gasteiger partial charge in [-0.15, -0.1) is 0 Å². The van der Waals surface area contributed by atoms with E-state index in [0.29, 0.717) is 5.41 Å². The average molecular weight is 185 g/mol. The van der Waals surface area contributed by atoms with E-state index in [1.165, 1.54) is 18.4 Å². The van der Waals surface area contributed by atoms with Gasteiger partial charge >= 0.3 is 0 Å². The van der Waals surface area contributed by atoms with E-state index in [-0.39, 0.29) is 0 Å². The molecule has 0 spiro atoms. The van der Waals surface area contributed by atoms with Gasteiger partial charge in [0, 0.05) is 5.03 Å². The summed E-state index contributed by atoms with van der Waals surface area (Å²) in [4.78, 5) is 0. The second-order valence-electron chi connectivity index (χ2n) is 4.93. The Hall–Kier alpha value is 0.0300. The summed E-state index contributed by atoms with van der Waals surface area (Å²) < 4.78 is 0. The van der Waals surface area contributed by atoms with E-state index >= 15 is 0 Å². The first-order valence-corrected chi connectivity index (χ1v) is 5.26. The number of allylic oxidation sites excluding steroid dienone is 2. The van der Waals surface area contributed by atoms with E-state index in [1.54, 1.807) is 0 Å². The summed E-state index contributed by atoms with van der Waals surface area (Å²) in [7, 11) is 0. The minimum atomic E-state index is 0.528. The Labute approximate surface area is 80.0 Å². The molecular weight excluding hydrogens is 168 g/mol. The van der Waals surface area contributed by atoms with Crippen molar-refractivity contribution in [2.75, 3.05) is 0 Å². The molecule has 2 atom stereocenters. The molecule has 0 N–H and O–H groups in total. The molecule has 1 saturated carbocycles. The average Bonchev–Trinajstić information content (AvgIpc) is 2.18. The summed E-state index contributed by atoms with van der Waals surface area (Å²) in [5.74, 6) is 1.70. The van der Waals surface area contributed by atoms with Crippen LogP contribution in [0.25, 0.3) is 0 Å². The first-order valence-electron chi connectivity index (χ1n) is 4.88. The number of fused-ring (bicyclic) bond motifs is 2. The second-order valence-corrected chi connectivity index (χ2v) is 5.39. The van der Waals surface area contributed by atoms with E-state index in [9.17, 15) is 0 Å². The van der Waals surface area contributed by atoms with Gasteiger partial charge in [0.25, 0.3) is 0 Å². The Bertz CT molecular complexity index is 235. The maximum absolute atomic E-state index is 6.20. The zero-order valence-electron chi connectivity index (χ0n) is 8.15. The van der Waals surface area contributed by atoms with Gasteiger partial charge in [-0.05, 0) is 43.4 Å². The lowest BCUT2D eigenvalue weighted by Crippen LogP contribution is -2.44. The van der Waals surface area contributed by atoms with Crippen LogP contribution in [0, 0.1) is 17.3 Å². The molecule has 68 valence electrons. The third kappa shape index (κ3) is 0.970. The minimum Gasteiger partial charge on any atom is -0.0892 e. The quantitative estimate of drug-likeness (QED) is 0.535. The molecule has 3 rings (SSSR count). The first kappa shape index (κ1) is 8.62. The molecule has 2 unspecified atom stereocenters. The van der Waals surface area contributed by atoms with Crippen LogP contribution in [-0.2, 0) is 0 Å². The summed E-state index contributed by atoms with van der Waals surface area (Å²) in [5, 5.41) is 1.15. The van der Waals surface area contributed by atoms with Crippen LogP contribution in [0.15, 0.2) is 10.6 Å². The van der Waals surface area contributed by atoms with Crippen LogP contribution in [0.2, 0.25) is 0 Å². The highest BCUT2D eigenvalue weighted by atomic mass is 35.5. The van der Waals surface area contributed by atoms with Crippen LogP contribution in [-0.4, -0.2) is 0 Å². The molecule has 0 aliphatic heterocycles. The Balaban J connectivity index is 2.32. The fraction of sp³-hybridized carbons (Fsp3) is 0.818. The molecule has 1 fully saturated rings. The monoisotopic (exact) mass is 184 g/mol. The highest BCUT2D eigenvalue weighted by Crippen LogP contribution is 2.59. The standard InChI is InChI=1S/C11H17Cl/c1-7-9-6-8(11(9,2)3)4-5-10(7)12/h8-9H,4-6H2,1-3H3. The van der Waals surface area contributed by atoms with Gasteiger partial charge in [-0.25, -0.2) is 0 Å². The molecule has 0 heterocycles. The van der Waals surface area contributed by atoms with Gasteiger partial charge in [0.2, 0.25) is 0 Å². The van der Waals surface area contributed by atoms with E-state index < -0.39 is 0 Å². The molecule has 3 aliphatic carbocycles. The molecule has 0 amide bonds. The maximum atomic E-state index is 6.20. The van der Waals surface area contributed by atoms with Crippen LogP contribution < -0.4 is 0 Å². The van der Waals surface area contributed by atoms with Gasteiger partial charge in [0.15, 0.2) is 0 Å². The van der Waals surface area contributed by atoms with Crippen LogP contribution in [0.1, 0.15) is 40.0 Å². The van der Waals surface area contributed by atoms with Crippen molar-refractivity contribution >= 4 is 11.6 Å². The van der Waals surface area contributed by atoms with Crippen molar-refractivity contribution in [1.29, 1.82) is 0 Å². The zero-order valence-corrected chi connectivity index (χ0v) is 8.91. The minimum absolute atomic E-state index is 0.528. The molecule has 0 aromatic heterocycles. The molecule has 0 radical (unpaired) electrons. The van der Waals surface area contributed by atoms with Gasteiger partial charge in [-0.2, -0.15) is 0 Å². The highest BCUT2D eigenvalue weighted by Gasteiger charge is 2.49. The van der Waals surface area contributed by atoms with Gasteiger partial charge in [0.1, 0.15) is 0 Å². The molecular formula is C11H17Cl. The van der Waals surface area contributed by atoms with Crippen molar-refractivity contribution in [3.8, 4) is 0 Å². The third-order valence-electron chi connectivity index (χ3n) is 4.13. The summed E-state index contributed by atoms with van der Waals surface area (Å²) >= 11 is 6.20. The molecule has 0 saturated heterocycles. The maximum Gasteiger partial charge on any atom is 0.0173 e. The van der Waals surface area contributed by atoms with Crippen LogP contribution >= 0.6 is 11.6 Å². The molecule has 3 aliphatic rings. The predicted molar refractivity (Wildman–Crippen MR) is 53.2 cm³/mol. The second kappa shape index (κ2) is 2.51. The summed E-state index contributed by atoms with van der Waals surface area (Å²) in [6, 6.07) is 0. The van der Waals surface area contributed by atoms with E-state index in [1.807, 2.05) is 0 Å². The van der Waals surface area contributed by atoms with Crippen molar-refractivity contribution in [2.24, 2.45) is 17.3 Å². The van der Waals surface area contributed by atoms with Gasteiger partial charge in [-0.1, -0.05) is 31.0 Å². The Morgan fingerprint density at radius 1 is 1.42 bits per heavy atom. The fourth-order valence-electron chi connectivity index (χ4n) is 2.93. The summed E-state index contributed by atoms with van der Waals surface area (Å²) in [6.07, 6.45) is 3.81. The molecule has 2 bridgehead atoms. The first-order chi connectivity index (χ1) is 5.53. The lowest BCUT2D eigenvalue weighted by atomic mass is 9.53. The van der Waals surface area contributed by atoms with Crippen molar-refractivity contribution < 1.29 is 0 Å². The van der Waals surface area contributed by atoms with Gasteiger partial charge in [-0.3, -0.25) is 0 Å². The normalized spacial score (nSPS) is 39.0. The lowest BCUT2D eigenvalue weighted by Gasteiger charge is -2.52. The number of hydrogen-bond donors (Lipinski definition) is 0. The Kier molecular flexibility index (Phi) is 1.80. The lowest BCUT2D eigenvalue weighted by molar-refractivity contribution is 0.00496. The molecule has 1 heteroatoms. The SMILES string of the molecule is CC1=C(Cl)CCC2CC1C2(C)C. The molecule has 12 heavy (non-hydrogen) atoms. The number of rotatable bonds is 0. The molecule has 0 nitrogen and oxygen atoms in total. The molecule has 0 aromatic carbocycles. The van der Waals surface area contributed by atoms with Crippen molar-refractivity contribution in [3.05, 3.63) is 10.6 Å². The zero-order chi connectivity index (χ0) is 8.93. The van der Waals surface area contributed by atoms with Crippen molar-refractivity contribution in [3.63, 3.8) is 0 Å². The predicted octanol–water partition coefficient (Wildman–Crippen LogP) is 3.96. The summed E-state index contributed by atoms with van der Waals surface area (Å²) in [6.45, 7) is 7.01. The van der Waals surface area contributed by atoms with E-state index in [4.69, 9.17) is 11.6 Å². The molecule has 0 aromatic rings. The number of halogens is 1. The number of hydrogen-bond acceptors (Lipinski definition) is 0. The van der Waals surface area contributed by atoms with Gasteiger partial charge in [0.05, 0.1) is 0 Å². The largest absolute Gasteiger partial charge is 0.0892 e. The smallest absolute Gasteiger partial charge is 0.0173 e. The fourth-order valence-corrected chi connectivity index (χ4v) is 3.17.